The topological polar surface area (TPSA) is 72.5 Å². The lowest BCUT2D eigenvalue weighted by Crippen LogP contribution is -2.66. The average Bonchev–Trinajstić information content (AvgIpc) is 2.45. The Morgan fingerprint density at radius 1 is 0.786 bits per heavy atom. The van der Waals surface area contributed by atoms with Gasteiger partial charge in [-0.15, -0.1) is 0 Å². The maximum Gasteiger partial charge on any atom is 0.302 e. The fourth-order valence-electron chi connectivity index (χ4n) is 3.03. The highest BCUT2D eigenvalue weighted by Crippen LogP contribution is 2.33. The molecule has 1 fully saturated rings. The standard InChI is InChI=1S/C18H40O7Si3/c1-13(19)21-12-14-15(23-26(3,4)5)16(24-27(6,7)8)17(18(20-2)22-14)25-28(9,10)11/h14-18H,12H2,1-11H3. The average molecular weight is 453 g/mol. The Hall–Kier alpha value is -0.0794. The molecule has 1 rings (SSSR count). The molecule has 1 heterocycles. The number of hydrogen-bond acceptors (Lipinski definition) is 7. The van der Waals surface area contributed by atoms with E-state index in [9.17, 15) is 4.79 Å². The smallest absolute Gasteiger partial charge is 0.302 e. The molecule has 1 aliphatic heterocycles. The van der Waals surface area contributed by atoms with E-state index in [1.165, 1.54) is 6.92 Å². The summed E-state index contributed by atoms with van der Waals surface area (Å²) in [5.74, 6) is -0.354. The fourth-order valence-corrected chi connectivity index (χ4v) is 6.28. The van der Waals surface area contributed by atoms with E-state index in [2.05, 4.69) is 58.9 Å². The van der Waals surface area contributed by atoms with Gasteiger partial charge in [-0.3, -0.25) is 4.79 Å². The molecule has 166 valence electrons. The van der Waals surface area contributed by atoms with Crippen LogP contribution >= 0.6 is 0 Å². The van der Waals surface area contributed by atoms with Crippen LogP contribution in [-0.2, 0) is 32.3 Å². The second-order valence-electron chi connectivity index (χ2n) is 10.2. The van der Waals surface area contributed by atoms with Crippen molar-refractivity contribution in [3.8, 4) is 0 Å². The molecule has 10 heteroatoms. The predicted octanol–water partition coefficient (Wildman–Crippen LogP) is 3.58. The number of ether oxygens (including phenoxy) is 3. The van der Waals surface area contributed by atoms with Crippen molar-refractivity contribution in [1.29, 1.82) is 0 Å². The van der Waals surface area contributed by atoms with Gasteiger partial charge < -0.3 is 27.5 Å². The molecule has 0 aliphatic carbocycles. The van der Waals surface area contributed by atoms with Crippen LogP contribution in [0.4, 0.5) is 0 Å². The summed E-state index contributed by atoms with van der Waals surface area (Å²) in [5, 5.41) is 0. The first-order chi connectivity index (χ1) is 12.5. The van der Waals surface area contributed by atoms with Crippen molar-refractivity contribution in [2.24, 2.45) is 0 Å². The first-order valence-electron chi connectivity index (χ1n) is 9.87. The summed E-state index contributed by atoms with van der Waals surface area (Å²) in [7, 11) is -4.22. The lowest BCUT2D eigenvalue weighted by atomic mass is 9.99. The van der Waals surface area contributed by atoms with Gasteiger partial charge in [-0.25, -0.2) is 0 Å². The molecule has 0 radical (unpaired) electrons. The first-order valence-corrected chi connectivity index (χ1v) is 20.1. The molecule has 5 unspecified atom stereocenters. The Balaban J connectivity index is 3.33. The molecule has 28 heavy (non-hydrogen) atoms. The molecule has 0 aromatic carbocycles. The van der Waals surface area contributed by atoms with Crippen LogP contribution < -0.4 is 0 Å². The Morgan fingerprint density at radius 2 is 1.21 bits per heavy atom. The Morgan fingerprint density at radius 3 is 1.61 bits per heavy atom. The SMILES string of the molecule is COC1OC(COC(C)=O)C(O[Si](C)(C)C)C(O[Si](C)(C)C)C1O[Si](C)(C)C. The van der Waals surface area contributed by atoms with Crippen molar-refractivity contribution in [1.82, 2.24) is 0 Å². The van der Waals surface area contributed by atoms with Crippen LogP contribution in [0.15, 0.2) is 0 Å². The lowest BCUT2D eigenvalue weighted by Gasteiger charge is -2.50. The minimum absolute atomic E-state index is 0.0928. The van der Waals surface area contributed by atoms with E-state index in [4.69, 9.17) is 27.5 Å². The fraction of sp³-hybridized carbons (Fsp3) is 0.944. The predicted molar refractivity (Wildman–Crippen MR) is 117 cm³/mol. The molecule has 0 N–H and O–H groups in total. The van der Waals surface area contributed by atoms with Crippen LogP contribution in [0.3, 0.4) is 0 Å². The van der Waals surface area contributed by atoms with E-state index in [1.807, 2.05) is 0 Å². The Kier molecular flexibility index (Phi) is 9.10. The highest BCUT2D eigenvalue weighted by molar-refractivity contribution is 6.70. The van der Waals surface area contributed by atoms with E-state index < -0.39 is 49.6 Å². The molecule has 0 spiro atoms. The molecule has 0 saturated carbocycles. The van der Waals surface area contributed by atoms with Crippen molar-refractivity contribution >= 4 is 30.9 Å². The van der Waals surface area contributed by atoms with Crippen molar-refractivity contribution in [2.45, 2.75) is 96.6 Å². The van der Waals surface area contributed by atoms with Gasteiger partial charge in [-0.1, -0.05) is 0 Å². The lowest BCUT2D eigenvalue weighted by molar-refractivity contribution is -0.285. The van der Waals surface area contributed by atoms with E-state index in [0.717, 1.165) is 0 Å². The molecule has 0 aromatic rings. The summed E-state index contributed by atoms with van der Waals surface area (Å²) in [4.78, 5) is 11.4. The van der Waals surface area contributed by atoms with E-state index in [0.29, 0.717) is 0 Å². The minimum atomic E-state index is -1.95. The third kappa shape index (κ3) is 9.16. The van der Waals surface area contributed by atoms with E-state index in [1.54, 1.807) is 7.11 Å². The largest absolute Gasteiger partial charge is 0.463 e. The Bertz CT molecular complexity index is 511. The number of esters is 1. The van der Waals surface area contributed by atoms with Gasteiger partial charge in [0.25, 0.3) is 0 Å². The monoisotopic (exact) mass is 452 g/mol. The zero-order chi connectivity index (χ0) is 21.9. The quantitative estimate of drug-likeness (QED) is 0.391. The maximum atomic E-state index is 11.4. The second kappa shape index (κ2) is 9.82. The zero-order valence-electron chi connectivity index (χ0n) is 19.5. The van der Waals surface area contributed by atoms with Crippen LogP contribution in [0.5, 0.6) is 0 Å². The highest BCUT2D eigenvalue weighted by atomic mass is 28.4. The van der Waals surface area contributed by atoms with Gasteiger partial charge in [-0.2, -0.15) is 0 Å². The molecular formula is C18H40O7Si3. The third-order valence-electron chi connectivity index (χ3n) is 3.74. The van der Waals surface area contributed by atoms with E-state index >= 15 is 0 Å². The summed E-state index contributed by atoms with van der Waals surface area (Å²) in [6.07, 6.45) is -2.26. The van der Waals surface area contributed by atoms with Gasteiger partial charge in [0.15, 0.2) is 31.2 Å². The van der Waals surface area contributed by atoms with Crippen molar-refractivity contribution < 1.29 is 32.3 Å². The molecule has 0 bridgehead atoms. The number of methoxy groups -OCH3 is 1. The van der Waals surface area contributed by atoms with Gasteiger partial charge in [0.2, 0.25) is 0 Å². The molecule has 7 nitrogen and oxygen atoms in total. The summed E-state index contributed by atoms with van der Waals surface area (Å²) >= 11 is 0. The van der Waals surface area contributed by atoms with Gasteiger partial charge in [0.05, 0.1) is 0 Å². The Labute approximate surface area is 173 Å². The number of rotatable bonds is 9. The van der Waals surface area contributed by atoms with Gasteiger partial charge in [0, 0.05) is 14.0 Å². The number of carbonyl (C=O) groups is 1. The summed E-state index contributed by atoms with van der Waals surface area (Å²) < 4.78 is 36.7. The van der Waals surface area contributed by atoms with Gasteiger partial charge in [-0.05, 0) is 58.9 Å². The summed E-state index contributed by atoms with van der Waals surface area (Å²) in [6, 6.07) is 0. The molecule has 0 aromatic heterocycles. The maximum absolute atomic E-state index is 11.4. The van der Waals surface area contributed by atoms with E-state index in [-0.39, 0.29) is 18.7 Å². The normalized spacial score (nSPS) is 29.6. The molecule has 1 aliphatic rings. The van der Waals surface area contributed by atoms with Crippen molar-refractivity contribution in [3.63, 3.8) is 0 Å². The molecule has 0 amide bonds. The van der Waals surface area contributed by atoms with Crippen LogP contribution in [0.25, 0.3) is 0 Å². The zero-order valence-corrected chi connectivity index (χ0v) is 22.5. The van der Waals surface area contributed by atoms with Crippen LogP contribution in [-0.4, -0.2) is 75.3 Å². The van der Waals surface area contributed by atoms with Crippen LogP contribution in [0, 0.1) is 0 Å². The number of hydrogen-bond donors (Lipinski definition) is 0. The van der Waals surface area contributed by atoms with Gasteiger partial charge in [0.1, 0.15) is 31.0 Å². The first kappa shape index (κ1) is 26.0. The number of carbonyl (C=O) groups excluding carboxylic acids is 1. The van der Waals surface area contributed by atoms with Crippen molar-refractivity contribution in [3.05, 3.63) is 0 Å². The molecule has 5 atom stereocenters. The second-order valence-corrected chi connectivity index (χ2v) is 23.5. The minimum Gasteiger partial charge on any atom is -0.463 e. The highest BCUT2D eigenvalue weighted by Gasteiger charge is 2.51. The summed E-state index contributed by atoms with van der Waals surface area (Å²) in [5.41, 5.74) is 0. The van der Waals surface area contributed by atoms with Crippen LogP contribution in [0.1, 0.15) is 6.92 Å². The van der Waals surface area contributed by atoms with Gasteiger partial charge >= 0.3 is 5.97 Å². The van der Waals surface area contributed by atoms with Crippen LogP contribution in [0.2, 0.25) is 58.9 Å². The van der Waals surface area contributed by atoms with Crippen molar-refractivity contribution in [2.75, 3.05) is 13.7 Å². The molecular weight excluding hydrogens is 412 g/mol. The third-order valence-corrected chi connectivity index (χ3v) is 6.68. The molecule has 1 saturated heterocycles. The summed E-state index contributed by atoms with van der Waals surface area (Å²) in [6.45, 7) is 20.7.